The van der Waals surface area contributed by atoms with Crippen LogP contribution >= 0.6 is 0 Å². The molecule has 0 unspecified atom stereocenters. The standard InChI is InChI=1S/C12H14F3NO2/c1-18-10-3-2-8(6-9(10)17)7-16-11(4-5-11)12(13,14)15/h2-3,6,16-17H,4-5,7H2,1H3. The second-order valence-electron chi connectivity index (χ2n) is 4.44. The Hall–Kier alpha value is -1.43. The Balaban J connectivity index is 2.01. The van der Waals surface area contributed by atoms with E-state index in [1.54, 1.807) is 6.07 Å². The van der Waals surface area contributed by atoms with Gasteiger partial charge in [-0.05, 0) is 30.5 Å². The average Bonchev–Trinajstić information content (AvgIpc) is 3.07. The molecule has 100 valence electrons. The fourth-order valence-electron chi connectivity index (χ4n) is 1.80. The predicted octanol–water partition coefficient (Wildman–Crippen LogP) is 2.59. The number of halogens is 3. The summed E-state index contributed by atoms with van der Waals surface area (Å²) in [5.74, 6) is 0.226. The van der Waals surface area contributed by atoms with Crippen LogP contribution < -0.4 is 10.1 Å². The predicted molar refractivity (Wildman–Crippen MR) is 59.5 cm³/mol. The van der Waals surface area contributed by atoms with Crippen molar-refractivity contribution in [3.05, 3.63) is 23.8 Å². The van der Waals surface area contributed by atoms with Crippen molar-refractivity contribution < 1.29 is 23.0 Å². The summed E-state index contributed by atoms with van der Waals surface area (Å²) in [5.41, 5.74) is -1.15. The summed E-state index contributed by atoms with van der Waals surface area (Å²) in [6.07, 6.45) is -4.00. The fraction of sp³-hybridized carbons (Fsp3) is 0.500. The van der Waals surface area contributed by atoms with Crippen LogP contribution in [0.25, 0.3) is 0 Å². The Labute approximate surface area is 103 Å². The third-order valence-electron chi connectivity index (χ3n) is 3.17. The molecule has 0 radical (unpaired) electrons. The Morgan fingerprint density at radius 1 is 1.39 bits per heavy atom. The molecule has 1 aliphatic rings. The molecule has 1 saturated carbocycles. The maximum absolute atomic E-state index is 12.7. The van der Waals surface area contributed by atoms with Gasteiger partial charge < -0.3 is 9.84 Å². The Morgan fingerprint density at radius 2 is 2.06 bits per heavy atom. The van der Waals surface area contributed by atoms with Crippen LogP contribution in [0, 0.1) is 0 Å². The third kappa shape index (κ3) is 2.38. The molecule has 6 heteroatoms. The lowest BCUT2D eigenvalue weighted by molar-refractivity contribution is -0.166. The highest BCUT2D eigenvalue weighted by atomic mass is 19.4. The third-order valence-corrected chi connectivity index (χ3v) is 3.17. The first kappa shape index (κ1) is 13.0. The number of methoxy groups -OCH3 is 1. The lowest BCUT2D eigenvalue weighted by Gasteiger charge is -2.20. The molecular weight excluding hydrogens is 247 g/mol. The molecule has 0 heterocycles. The molecule has 2 rings (SSSR count). The summed E-state index contributed by atoms with van der Waals surface area (Å²) in [6, 6.07) is 4.55. The van der Waals surface area contributed by atoms with Crippen LogP contribution in [-0.2, 0) is 6.54 Å². The van der Waals surface area contributed by atoms with E-state index in [0.717, 1.165) is 0 Å². The average molecular weight is 261 g/mol. The van der Waals surface area contributed by atoms with E-state index < -0.39 is 11.7 Å². The van der Waals surface area contributed by atoms with Gasteiger partial charge in [0, 0.05) is 6.54 Å². The molecule has 0 atom stereocenters. The number of rotatable bonds is 4. The molecule has 0 amide bonds. The van der Waals surface area contributed by atoms with Gasteiger partial charge in [0.2, 0.25) is 0 Å². The van der Waals surface area contributed by atoms with Crippen molar-refractivity contribution >= 4 is 0 Å². The molecule has 1 fully saturated rings. The van der Waals surface area contributed by atoms with Gasteiger partial charge >= 0.3 is 6.18 Å². The van der Waals surface area contributed by atoms with E-state index in [1.807, 2.05) is 0 Å². The highest BCUT2D eigenvalue weighted by Gasteiger charge is 2.62. The van der Waals surface area contributed by atoms with Gasteiger partial charge in [0.15, 0.2) is 11.5 Å². The first-order valence-corrected chi connectivity index (χ1v) is 5.56. The van der Waals surface area contributed by atoms with E-state index in [1.165, 1.54) is 19.2 Å². The number of aromatic hydroxyl groups is 1. The van der Waals surface area contributed by atoms with E-state index >= 15 is 0 Å². The minimum atomic E-state index is -4.22. The number of alkyl halides is 3. The number of benzene rings is 1. The van der Waals surface area contributed by atoms with Gasteiger partial charge in [-0.2, -0.15) is 13.2 Å². The van der Waals surface area contributed by atoms with Crippen LogP contribution in [0.2, 0.25) is 0 Å². The highest BCUT2D eigenvalue weighted by molar-refractivity contribution is 5.41. The molecule has 0 aliphatic heterocycles. The van der Waals surface area contributed by atoms with Crippen molar-refractivity contribution in [1.82, 2.24) is 5.32 Å². The van der Waals surface area contributed by atoms with Crippen LogP contribution in [0.15, 0.2) is 18.2 Å². The number of hydrogen-bond donors (Lipinski definition) is 2. The first-order valence-electron chi connectivity index (χ1n) is 5.56. The number of hydrogen-bond acceptors (Lipinski definition) is 3. The first-order chi connectivity index (χ1) is 8.38. The summed E-state index contributed by atoms with van der Waals surface area (Å²) < 4.78 is 42.9. The topological polar surface area (TPSA) is 41.5 Å². The summed E-state index contributed by atoms with van der Waals surface area (Å²) in [7, 11) is 1.41. The molecule has 0 bridgehead atoms. The molecule has 1 aliphatic carbocycles. The number of ether oxygens (including phenoxy) is 1. The summed E-state index contributed by atoms with van der Waals surface area (Å²) in [4.78, 5) is 0. The van der Waals surface area contributed by atoms with Crippen molar-refractivity contribution in [1.29, 1.82) is 0 Å². The smallest absolute Gasteiger partial charge is 0.406 e. The van der Waals surface area contributed by atoms with Gasteiger partial charge in [0.05, 0.1) is 7.11 Å². The zero-order valence-electron chi connectivity index (χ0n) is 9.84. The maximum atomic E-state index is 12.7. The highest BCUT2D eigenvalue weighted by Crippen LogP contribution is 2.49. The number of phenolic OH excluding ortho intramolecular Hbond substituents is 1. The number of phenols is 1. The van der Waals surface area contributed by atoms with Gasteiger partial charge in [-0.3, -0.25) is 5.32 Å². The second kappa shape index (κ2) is 4.35. The van der Waals surface area contributed by atoms with Crippen molar-refractivity contribution in [3.8, 4) is 11.5 Å². The fourth-order valence-corrected chi connectivity index (χ4v) is 1.80. The van der Waals surface area contributed by atoms with E-state index in [2.05, 4.69) is 5.32 Å². The van der Waals surface area contributed by atoms with E-state index in [0.29, 0.717) is 11.3 Å². The SMILES string of the molecule is COc1ccc(CNC2(C(F)(F)F)CC2)cc1O. The molecule has 0 saturated heterocycles. The quantitative estimate of drug-likeness (QED) is 0.875. The Morgan fingerprint density at radius 3 is 2.50 bits per heavy atom. The normalized spacial score (nSPS) is 17.6. The molecule has 0 spiro atoms. The van der Waals surface area contributed by atoms with E-state index in [4.69, 9.17) is 4.74 Å². The van der Waals surface area contributed by atoms with Crippen molar-refractivity contribution in [2.75, 3.05) is 7.11 Å². The van der Waals surface area contributed by atoms with E-state index in [-0.39, 0.29) is 25.1 Å². The maximum Gasteiger partial charge on any atom is 0.406 e. The second-order valence-corrected chi connectivity index (χ2v) is 4.44. The van der Waals surface area contributed by atoms with Gasteiger partial charge in [-0.1, -0.05) is 6.07 Å². The molecule has 1 aromatic rings. The van der Waals surface area contributed by atoms with Crippen LogP contribution in [-0.4, -0.2) is 23.9 Å². The van der Waals surface area contributed by atoms with Crippen LogP contribution in [0.1, 0.15) is 18.4 Å². The van der Waals surface area contributed by atoms with E-state index in [9.17, 15) is 18.3 Å². The lowest BCUT2D eigenvalue weighted by atomic mass is 10.1. The molecular formula is C12H14F3NO2. The largest absolute Gasteiger partial charge is 0.504 e. The van der Waals surface area contributed by atoms with Crippen molar-refractivity contribution in [2.45, 2.75) is 31.1 Å². The molecule has 3 nitrogen and oxygen atoms in total. The lowest BCUT2D eigenvalue weighted by Crippen LogP contribution is -2.44. The summed E-state index contributed by atoms with van der Waals surface area (Å²) in [6.45, 7) is 0.0665. The van der Waals surface area contributed by atoms with Gasteiger partial charge in [0.25, 0.3) is 0 Å². The molecule has 1 aromatic carbocycles. The number of nitrogens with one attached hydrogen (secondary N) is 1. The van der Waals surface area contributed by atoms with Crippen LogP contribution in [0.3, 0.4) is 0 Å². The molecule has 0 aromatic heterocycles. The van der Waals surface area contributed by atoms with Crippen molar-refractivity contribution in [2.24, 2.45) is 0 Å². The van der Waals surface area contributed by atoms with Gasteiger partial charge in [0.1, 0.15) is 5.54 Å². The molecule has 2 N–H and O–H groups in total. The van der Waals surface area contributed by atoms with Gasteiger partial charge in [-0.25, -0.2) is 0 Å². The zero-order chi connectivity index (χ0) is 13.4. The Bertz CT molecular complexity index is 441. The van der Waals surface area contributed by atoms with Crippen LogP contribution in [0.4, 0.5) is 13.2 Å². The minimum Gasteiger partial charge on any atom is -0.504 e. The summed E-state index contributed by atoms with van der Waals surface area (Å²) >= 11 is 0. The summed E-state index contributed by atoms with van der Waals surface area (Å²) in [5, 5.41) is 12.0. The monoisotopic (exact) mass is 261 g/mol. The minimum absolute atomic E-state index is 0.0665. The van der Waals surface area contributed by atoms with Crippen LogP contribution in [0.5, 0.6) is 11.5 Å². The Kier molecular flexibility index (Phi) is 3.14. The molecule has 18 heavy (non-hydrogen) atoms. The van der Waals surface area contributed by atoms with Gasteiger partial charge in [-0.15, -0.1) is 0 Å². The van der Waals surface area contributed by atoms with Crippen molar-refractivity contribution in [3.63, 3.8) is 0 Å². The zero-order valence-corrected chi connectivity index (χ0v) is 9.84.